The molecule has 4 rings (SSSR count). The maximum Gasteiger partial charge on any atom is 0.490 e. The second-order valence-corrected chi connectivity index (χ2v) is 11.3. The highest BCUT2D eigenvalue weighted by Crippen LogP contribution is 2.34. The summed E-state index contributed by atoms with van der Waals surface area (Å²) < 4.78 is 49.5. The number of para-hydroxylation sites is 1. The number of nitrogen functional groups attached to an aromatic ring is 1. The highest BCUT2D eigenvalue weighted by atomic mass is 35.5. The number of nitrogens with two attached hydrogens (primary N) is 1. The fraction of sp³-hybridized carbons (Fsp3) is 0.324. The van der Waals surface area contributed by atoms with Gasteiger partial charge in [0.15, 0.2) is 11.5 Å². The average molecular weight is 691 g/mol. The van der Waals surface area contributed by atoms with Crippen molar-refractivity contribution in [3.05, 3.63) is 83.0 Å². The predicted octanol–water partition coefficient (Wildman–Crippen LogP) is 7.55. The van der Waals surface area contributed by atoms with Crippen molar-refractivity contribution in [2.75, 3.05) is 17.7 Å². The second kappa shape index (κ2) is 16.8. The molecule has 0 radical (unpaired) electrons. The van der Waals surface area contributed by atoms with E-state index in [0.717, 1.165) is 22.0 Å². The molecule has 1 aromatic heterocycles. The van der Waals surface area contributed by atoms with E-state index >= 15 is 0 Å². The molecule has 1 heterocycles. The summed E-state index contributed by atoms with van der Waals surface area (Å²) in [5, 5.41) is 15.8. The molecule has 0 aliphatic rings. The van der Waals surface area contributed by atoms with Gasteiger partial charge < -0.3 is 35.7 Å². The maximum absolute atomic E-state index is 13.8. The van der Waals surface area contributed by atoms with Crippen LogP contribution in [-0.2, 0) is 16.1 Å². The first kappa shape index (κ1) is 37.5. The minimum atomic E-state index is -5.08. The molecular weight excluding hydrogens is 653 g/mol. The van der Waals surface area contributed by atoms with Gasteiger partial charge in [0.1, 0.15) is 17.6 Å². The molecule has 0 spiro atoms. The fourth-order valence-corrected chi connectivity index (χ4v) is 4.67. The Morgan fingerprint density at radius 2 is 1.67 bits per heavy atom. The van der Waals surface area contributed by atoms with Crippen LogP contribution in [0.2, 0.25) is 5.02 Å². The van der Waals surface area contributed by atoms with Crippen LogP contribution in [0, 0.1) is 0 Å². The first-order valence-electron chi connectivity index (χ1n) is 15.0. The monoisotopic (exact) mass is 690 g/mol. The van der Waals surface area contributed by atoms with Gasteiger partial charge in [0.25, 0.3) is 0 Å². The molecule has 0 bridgehead atoms. The van der Waals surface area contributed by atoms with Crippen molar-refractivity contribution < 1.29 is 42.1 Å². The standard InChI is InChI=1S/C32H37ClN4O4.C2HF3O2/c1-6-39-28-17-22(10-13-27(28)40-19(2)3)29(37-24-11-12-25-21(16-24)14-15-35-31(25)34)32(38)36-18-23-8-7-9-26(33)30(23)41-20(4)5;3-2(4,5)1(6)7/h7-17,19-20,29,37H,6,18H2,1-5H3,(H2,34,35)(H,36,38);(H,6,7). The lowest BCUT2D eigenvalue weighted by Gasteiger charge is -2.23. The van der Waals surface area contributed by atoms with Gasteiger partial charge in [-0.15, -0.1) is 0 Å². The summed E-state index contributed by atoms with van der Waals surface area (Å²) in [5.41, 5.74) is 8.28. The van der Waals surface area contributed by atoms with E-state index < -0.39 is 18.2 Å². The zero-order valence-electron chi connectivity index (χ0n) is 27.0. The quantitative estimate of drug-likeness (QED) is 0.118. The summed E-state index contributed by atoms with van der Waals surface area (Å²) in [4.78, 5) is 26.9. The Bertz CT molecular complexity index is 1720. The van der Waals surface area contributed by atoms with E-state index in [9.17, 15) is 18.0 Å². The number of halogens is 4. The lowest BCUT2D eigenvalue weighted by atomic mass is 10.0. The average Bonchev–Trinajstić information content (AvgIpc) is 3.00. The second-order valence-electron chi connectivity index (χ2n) is 10.9. The van der Waals surface area contributed by atoms with Crippen LogP contribution in [0.5, 0.6) is 17.2 Å². The van der Waals surface area contributed by atoms with E-state index in [1.54, 1.807) is 12.3 Å². The van der Waals surface area contributed by atoms with Crippen molar-refractivity contribution >= 4 is 45.8 Å². The Kier molecular flexibility index (Phi) is 13.1. The van der Waals surface area contributed by atoms with Gasteiger partial charge in [-0.3, -0.25) is 4.79 Å². The van der Waals surface area contributed by atoms with Crippen LogP contribution in [0.1, 0.15) is 51.8 Å². The van der Waals surface area contributed by atoms with Crippen LogP contribution < -0.4 is 30.6 Å². The molecule has 0 fully saturated rings. The molecule has 3 aromatic carbocycles. The largest absolute Gasteiger partial charge is 0.490 e. The number of anilines is 2. The molecule has 48 heavy (non-hydrogen) atoms. The van der Waals surface area contributed by atoms with Gasteiger partial charge in [0.05, 0.1) is 23.8 Å². The summed E-state index contributed by atoms with van der Waals surface area (Å²) in [6, 6.07) is 17.9. The van der Waals surface area contributed by atoms with Crippen molar-refractivity contribution in [3.63, 3.8) is 0 Å². The molecule has 10 nitrogen and oxygen atoms in total. The molecule has 5 N–H and O–H groups in total. The third kappa shape index (κ3) is 10.6. The molecule has 14 heteroatoms. The maximum atomic E-state index is 13.8. The first-order valence-corrected chi connectivity index (χ1v) is 15.3. The number of nitrogens with one attached hydrogen (secondary N) is 2. The number of carbonyl (C=O) groups is 2. The minimum Gasteiger partial charge on any atom is -0.490 e. The number of alkyl halides is 3. The van der Waals surface area contributed by atoms with Gasteiger partial charge >= 0.3 is 12.1 Å². The zero-order chi connectivity index (χ0) is 35.6. The predicted molar refractivity (Wildman–Crippen MR) is 179 cm³/mol. The fourth-order valence-electron chi connectivity index (χ4n) is 4.43. The molecule has 1 amide bonds. The summed E-state index contributed by atoms with van der Waals surface area (Å²) in [6.45, 7) is 10.4. The van der Waals surface area contributed by atoms with Gasteiger partial charge in [-0.2, -0.15) is 13.2 Å². The molecule has 0 saturated heterocycles. The van der Waals surface area contributed by atoms with Gasteiger partial charge in [0, 0.05) is 29.4 Å². The van der Waals surface area contributed by atoms with Crippen molar-refractivity contribution in [2.24, 2.45) is 0 Å². The van der Waals surface area contributed by atoms with Crippen molar-refractivity contribution in [1.82, 2.24) is 10.3 Å². The Morgan fingerprint density at radius 1 is 0.979 bits per heavy atom. The lowest BCUT2D eigenvalue weighted by Crippen LogP contribution is -2.33. The number of hydrogen-bond acceptors (Lipinski definition) is 8. The number of carbonyl (C=O) groups excluding carboxylic acids is 1. The van der Waals surface area contributed by atoms with Crippen molar-refractivity contribution in [3.8, 4) is 17.2 Å². The van der Waals surface area contributed by atoms with Crippen molar-refractivity contribution in [2.45, 2.75) is 65.6 Å². The topological polar surface area (TPSA) is 145 Å². The SMILES string of the molecule is CCOc1cc(C(Nc2ccc3c(N)nccc3c2)C(=O)NCc2cccc(Cl)c2OC(C)C)ccc1OC(C)C.O=C(O)C(F)(F)F. The van der Waals surface area contributed by atoms with Crippen LogP contribution >= 0.6 is 11.6 Å². The van der Waals surface area contributed by atoms with E-state index in [1.807, 2.05) is 89.2 Å². The number of nitrogens with zero attached hydrogens (tertiary/aromatic N) is 1. The van der Waals surface area contributed by atoms with Crippen LogP contribution in [-0.4, -0.2) is 47.0 Å². The molecule has 4 aromatic rings. The third-order valence-corrected chi connectivity index (χ3v) is 6.73. The van der Waals surface area contributed by atoms with E-state index in [1.165, 1.54) is 0 Å². The Morgan fingerprint density at radius 3 is 2.29 bits per heavy atom. The Labute approximate surface area is 281 Å². The van der Waals surface area contributed by atoms with E-state index in [-0.39, 0.29) is 24.7 Å². The van der Waals surface area contributed by atoms with Crippen LogP contribution in [0.15, 0.2) is 66.9 Å². The van der Waals surface area contributed by atoms with Gasteiger partial charge in [-0.25, -0.2) is 9.78 Å². The van der Waals surface area contributed by atoms with Crippen LogP contribution in [0.4, 0.5) is 24.7 Å². The Balaban J connectivity index is 0.000000804. The third-order valence-electron chi connectivity index (χ3n) is 6.43. The molecule has 0 aliphatic heterocycles. The zero-order valence-corrected chi connectivity index (χ0v) is 27.8. The normalized spacial score (nSPS) is 11.8. The number of aliphatic carboxylic acids is 1. The number of rotatable bonds is 12. The summed E-state index contributed by atoms with van der Waals surface area (Å²) >= 11 is 6.42. The number of hydrogen-bond donors (Lipinski definition) is 4. The number of ether oxygens (including phenoxy) is 3. The van der Waals surface area contributed by atoms with E-state index in [4.69, 9.17) is 41.4 Å². The number of carboxylic acid groups (broad SMARTS) is 1. The van der Waals surface area contributed by atoms with Gasteiger partial charge in [0.2, 0.25) is 5.91 Å². The highest BCUT2D eigenvalue weighted by Gasteiger charge is 2.38. The number of aromatic nitrogens is 1. The summed E-state index contributed by atoms with van der Waals surface area (Å²) in [7, 11) is 0. The van der Waals surface area contributed by atoms with Gasteiger partial charge in [-0.05, 0) is 88.0 Å². The number of fused-ring (bicyclic) bond motifs is 1. The van der Waals surface area contributed by atoms with E-state index in [0.29, 0.717) is 40.3 Å². The highest BCUT2D eigenvalue weighted by molar-refractivity contribution is 6.32. The minimum absolute atomic E-state index is 0.0308. The lowest BCUT2D eigenvalue weighted by molar-refractivity contribution is -0.192. The molecule has 258 valence electrons. The van der Waals surface area contributed by atoms with E-state index in [2.05, 4.69) is 15.6 Å². The number of amides is 1. The summed E-state index contributed by atoms with van der Waals surface area (Å²) in [6.07, 6.45) is -3.52. The summed E-state index contributed by atoms with van der Waals surface area (Å²) in [5.74, 6) is -0.803. The molecule has 1 atom stereocenters. The van der Waals surface area contributed by atoms with Crippen molar-refractivity contribution in [1.29, 1.82) is 0 Å². The molecule has 1 unspecified atom stereocenters. The number of benzene rings is 3. The Hall–Kier alpha value is -4.91. The van der Waals surface area contributed by atoms with Crippen LogP contribution in [0.25, 0.3) is 10.8 Å². The molecular formula is C34H38ClF3N4O6. The number of carboxylic acids is 1. The first-order chi connectivity index (χ1) is 22.6. The van der Waals surface area contributed by atoms with Crippen LogP contribution in [0.3, 0.4) is 0 Å². The van der Waals surface area contributed by atoms with Gasteiger partial charge in [-0.1, -0.05) is 29.8 Å². The molecule has 0 saturated carbocycles. The molecule has 0 aliphatic carbocycles. The smallest absolute Gasteiger partial charge is 0.490 e. The number of pyridine rings is 1.